The molecule has 5 nitrogen and oxygen atoms in total. The van der Waals surface area contributed by atoms with E-state index < -0.39 is 17.2 Å². The van der Waals surface area contributed by atoms with Crippen LogP contribution < -0.4 is 9.88 Å². The number of nitrogens with zero attached hydrogens (tertiary/aromatic N) is 2. The third-order valence-electron chi connectivity index (χ3n) is 6.05. The van der Waals surface area contributed by atoms with Crippen LogP contribution in [0, 0.1) is 0 Å². The summed E-state index contributed by atoms with van der Waals surface area (Å²) in [5.74, 6) is 0. The number of nitrogens with one attached hydrogen (secondary N) is 1. The Morgan fingerprint density at radius 3 is 1.71 bits per heavy atom. The van der Waals surface area contributed by atoms with Crippen molar-refractivity contribution in [2.24, 2.45) is 7.05 Å². The van der Waals surface area contributed by atoms with Gasteiger partial charge >= 0.3 is 6.09 Å². The Kier molecular flexibility index (Phi) is 7.06. The van der Waals surface area contributed by atoms with E-state index in [9.17, 15) is 4.79 Å². The SMILES string of the molecule is Cn1c[n+](C(c2ccccc2)(c2ccccc2)c2ccccc2)cc1CCNC(=O)OC(C)(C)C. The molecule has 3 aromatic carbocycles. The predicted octanol–water partition coefficient (Wildman–Crippen LogP) is 5.22. The number of carbonyl (C=O) groups is 1. The number of imidazole rings is 1. The third-order valence-corrected chi connectivity index (χ3v) is 6.05. The molecule has 0 aliphatic rings. The lowest BCUT2D eigenvalue weighted by molar-refractivity contribution is -0.734. The molecule has 0 aliphatic carbocycles. The lowest BCUT2D eigenvalue weighted by Gasteiger charge is -2.32. The molecule has 1 heterocycles. The van der Waals surface area contributed by atoms with Gasteiger partial charge in [0, 0.05) is 29.7 Å². The number of hydrogen-bond acceptors (Lipinski definition) is 2. The van der Waals surface area contributed by atoms with E-state index in [2.05, 4.69) is 99.8 Å². The monoisotopic (exact) mass is 468 g/mol. The smallest absolute Gasteiger partial charge is 0.407 e. The number of benzene rings is 3. The molecule has 0 unspecified atom stereocenters. The molecule has 0 saturated carbocycles. The van der Waals surface area contributed by atoms with Crippen LogP contribution in [-0.2, 0) is 23.7 Å². The Bertz CT molecular complexity index is 1150. The van der Waals surface area contributed by atoms with Crippen LogP contribution in [0.5, 0.6) is 0 Å². The van der Waals surface area contributed by atoms with Crippen LogP contribution in [0.3, 0.4) is 0 Å². The zero-order valence-corrected chi connectivity index (χ0v) is 20.9. The summed E-state index contributed by atoms with van der Waals surface area (Å²) in [5, 5.41) is 2.87. The maximum atomic E-state index is 12.1. The van der Waals surface area contributed by atoms with Crippen LogP contribution in [-0.4, -0.2) is 22.8 Å². The lowest BCUT2D eigenvalue weighted by Crippen LogP contribution is -2.57. The first kappa shape index (κ1) is 24.3. The van der Waals surface area contributed by atoms with Gasteiger partial charge in [-0.25, -0.2) is 13.9 Å². The topological polar surface area (TPSA) is 47.1 Å². The highest BCUT2D eigenvalue weighted by molar-refractivity contribution is 5.67. The van der Waals surface area contributed by atoms with Crippen LogP contribution in [0.25, 0.3) is 0 Å². The van der Waals surface area contributed by atoms with Gasteiger partial charge in [-0.05, 0) is 20.8 Å². The van der Waals surface area contributed by atoms with Gasteiger partial charge in [0.2, 0.25) is 6.33 Å². The van der Waals surface area contributed by atoms with E-state index in [4.69, 9.17) is 4.74 Å². The summed E-state index contributed by atoms with van der Waals surface area (Å²) in [6.07, 6.45) is 4.60. The molecule has 4 rings (SSSR count). The first-order valence-electron chi connectivity index (χ1n) is 12.0. The average molecular weight is 469 g/mol. The van der Waals surface area contributed by atoms with Crippen molar-refractivity contribution in [3.05, 3.63) is 126 Å². The Labute approximate surface area is 208 Å². The molecule has 35 heavy (non-hydrogen) atoms. The van der Waals surface area contributed by atoms with Crippen LogP contribution in [0.15, 0.2) is 104 Å². The number of carbonyl (C=O) groups excluding carboxylic acids is 1. The summed E-state index contributed by atoms with van der Waals surface area (Å²) in [5.41, 5.74) is 3.55. The van der Waals surface area contributed by atoms with Gasteiger partial charge in [0.25, 0.3) is 0 Å². The highest BCUT2D eigenvalue weighted by atomic mass is 16.6. The Balaban J connectivity index is 1.77. The van der Waals surface area contributed by atoms with E-state index in [-0.39, 0.29) is 0 Å². The van der Waals surface area contributed by atoms with Gasteiger partial charge in [-0.3, -0.25) is 0 Å². The van der Waals surface area contributed by atoms with Gasteiger partial charge in [-0.15, -0.1) is 0 Å². The summed E-state index contributed by atoms with van der Waals surface area (Å²) >= 11 is 0. The van der Waals surface area contributed by atoms with Gasteiger partial charge in [0.05, 0.1) is 7.05 Å². The minimum Gasteiger partial charge on any atom is -0.444 e. The van der Waals surface area contributed by atoms with Gasteiger partial charge in [0.15, 0.2) is 5.54 Å². The molecular formula is C30H34N3O2+. The van der Waals surface area contributed by atoms with Crippen molar-refractivity contribution in [3.63, 3.8) is 0 Å². The number of hydrogen-bond donors (Lipinski definition) is 1. The van der Waals surface area contributed by atoms with Crippen molar-refractivity contribution < 1.29 is 14.1 Å². The largest absolute Gasteiger partial charge is 0.444 e. The number of rotatable bonds is 7. The Morgan fingerprint density at radius 2 is 1.29 bits per heavy atom. The number of amides is 1. The first-order valence-corrected chi connectivity index (χ1v) is 12.0. The summed E-state index contributed by atoms with van der Waals surface area (Å²) in [6, 6.07) is 31.8. The van der Waals surface area contributed by atoms with Gasteiger partial charge < -0.3 is 10.1 Å². The number of ether oxygens (including phenoxy) is 1. The molecule has 0 atom stereocenters. The molecule has 0 spiro atoms. The van der Waals surface area contributed by atoms with Gasteiger partial charge in [-0.2, -0.15) is 0 Å². The maximum absolute atomic E-state index is 12.1. The number of alkyl carbamates (subject to hydrolysis) is 1. The first-order chi connectivity index (χ1) is 16.8. The average Bonchev–Trinajstić information content (AvgIpc) is 3.21. The Hall–Kier alpha value is -3.86. The lowest BCUT2D eigenvalue weighted by atomic mass is 9.77. The highest BCUT2D eigenvalue weighted by Crippen LogP contribution is 2.36. The molecule has 1 aromatic heterocycles. The van der Waals surface area contributed by atoms with Crippen molar-refractivity contribution in [3.8, 4) is 0 Å². The minimum absolute atomic E-state index is 0.396. The number of aryl methyl sites for hydroxylation is 1. The van der Waals surface area contributed by atoms with Crippen molar-refractivity contribution in [1.82, 2.24) is 9.88 Å². The maximum Gasteiger partial charge on any atom is 0.407 e. The fourth-order valence-electron chi connectivity index (χ4n) is 4.56. The fourth-order valence-corrected chi connectivity index (χ4v) is 4.56. The van der Waals surface area contributed by atoms with Crippen molar-refractivity contribution in [1.29, 1.82) is 0 Å². The summed E-state index contributed by atoms with van der Waals surface area (Å²) in [6.45, 7) is 6.08. The van der Waals surface area contributed by atoms with Crippen LogP contribution >= 0.6 is 0 Å². The summed E-state index contributed by atoms with van der Waals surface area (Å²) < 4.78 is 9.79. The van der Waals surface area contributed by atoms with Crippen LogP contribution in [0.2, 0.25) is 0 Å². The summed E-state index contributed by atoms with van der Waals surface area (Å²) in [4.78, 5) is 12.1. The number of aromatic nitrogens is 2. The molecular weight excluding hydrogens is 434 g/mol. The van der Waals surface area contributed by atoms with E-state index in [0.29, 0.717) is 13.0 Å². The normalized spacial score (nSPS) is 11.8. The third kappa shape index (κ3) is 5.29. The van der Waals surface area contributed by atoms with Crippen molar-refractivity contribution in [2.75, 3.05) is 6.54 Å². The quantitative estimate of drug-likeness (QED) is 0.299. The molecule has 180 valence electrons. The molecule has 0 bridgehead atoms. The van der Waals surface area contributed by atoms with E-state index in [1.807, 2.05) is 46.0 Å². The second-order valence-electron chi connectivity index (χ2n) is 9.74. The second kappa shape index (κ2) is 10.2. The summed E-state index contributed by atoms with van der Waals surface area (Å²) in [7, 11) is 2.05. The van der Waals surface area contributed by atoms with E-state index in [1.54, 1.807) is 0 Å². The standard InChI is InChI=1S/C30H33N3O2/c1-29(2,3)35-28(34)31-21-20-27-22-33(23-32(27)4)30(24-14-8-5-9-15-24,25-16-10-6-11-17-25)26-18-12-7-13-19-26/h5-19,22-23H,20-21H2,1-4H3/p+1. The molecule has 0 radical (unpaired) electrons. The Morgan fingerprint density at radius 1 is 0.829 bits per heavy atom. The van der Waals surface area contributed by atoms with E-state index >= 15 is 0 Å². The van der Waals surface area contributed by atoms with Crippen molar-refractivity contribution in [2.45, 2.75) is 38.3 Å². The second-order valence-corrected chi connectivity index (χ2v) is 9.74. The molecule has 1 N–H and O–H groups in total. The molecule has 0 saturated heterocycles. The zero-order chi connectivity index (χ0) is 24.9. The molecule has 5 heteroatoms. The van der Waals surface area contributed by atoms with Crippen LogP contribution in [0.1, 0.15) is 43.2 Å². The molecule has 1 amide bonds. The molecule has 0 aliphatic heterocycles. The van der Waals surface area contributed by atoms with Crippen LogP contribution in [0.4, 0.5) is 4.79 Å². The van der Waals surface area contributed by atoms with E-state index in [0.717, 1.165) is 5.69 Å². The molecule has 4 aromatic rings. The highest BCUT2D eigenvalue weighted by Gasteiger charge is 2.43. The molecule has 0 fully saturated rings. The predicted molar refractivity (Wildman–Crippen MR) is 138 cm³/mol. The zero-order valence-electron chi connectivity index (χ0n) is 20.9. The van der Waals surface area contributed by atoms with Crippen molar-refractivity contribution >= 4 is 6.09 Å². The minimum atomic E-state index is -0.557. The fraction of sp³-hybridized carbons (Fsp3) is 0.267. The van der Waals surface area contributed by atoms with E-state index in [1.165, 1.54) is 16.7 Å². The van der Waals surface area contributed by atoms with Gasteiger partial charge in [-0.1, -0.05) is 91.0 Å². The van der Waals surface area contributed by atoms with Gasteiger partial charge in [0.1, 0.15) is 17.5 Å².